The van der Waals surface area contributed by atoms with Crippen LogP contribution in [0.4, 0.5) is 0 Å². The number of carbonyl (C=O) groups excluding carboxylic acids is 1. The van der Waals surface area contributed by atoms with Gasteiger partial charge in [0.05, 0.1) is 0 Å². The van der Waals surface area contributed by atoms with Crippen LogP contribution in [0, 0.1) is 5.92 Å². The van der Waals surface area contributed by atoms with Crippen LogP contribution in [0.25, 0.3) is 11.5 Å². The van der Waals surface area contributed by atoms with Gasteiger partial charge >= 0.3 is 0 Å². The number of carbonyl (C=O) groups is 1. The maximum atomic E-state index is 12.5. The molecule has 0 saturated carbocycles. The molecule has 5 heteroatoms. The number of hydrogen-bond acceptors (Lipinski definition) is 4. The highest BCUT2D eigenvalue weighted by atomic mass is 16.3. The molecule has 1 saturated heterocycles. The maximum absolute atomic E-state index is 12.5. The van der Waals surface area contributed by atoms with Crippen LogP contribution in [-0.2, 0) is 0 Å². The molecule has 1 N–H and O–H groups in total. The standard InChI is InChI=1S/C17H21N3O2/c1-18-11-13-7-9-20(10-8-13)17(21)15-12-22-16(19-15)14-5-3-2-4-6-14/h2-6,12-13,18H,7-11H2,1H3. The van der Waals surface area contributed by atoms with Crippen molar-refractivity contribution >= 4 is 5.91 Å². The van der Waals surface area contributed by atoms with Gasteiger partial charge in [-0.2, -0.15) is 0 Å². The molecule has 5 nitrogen and oxygen atoms in total. The maximum Gasteiger partial charge on any atom is 0.275 e. The summed E-state index contributed by atoms with van der Waals surface area (Å²) in [6, 6.07) is 9.63. The van der Waals surface area contributed by atoms with Gasteiger partial charge in [-0.3, -0.25) is 4.79 Å². The Balaban J connectivity index is 1.65. The topological polar surface area (TPSA) is 58.4 Å². The molecule has 0 unspecified atom stereocenters. The first-order valence-electron chi connectivity index (χ1n) is 7.72. The van der Waals surface area contributed by atoms with Gasteiger partial charge in [-0.15, -0.1) is 0 Å². The summed E-state index contributed by atoms with van der Waals surface area (Å²) in [6.07, 6.45) is 3.54. The number of amides is 1. The van der Waals surface area contributed by atoms with E-state index in [2.05, 4.69) is 10.3 Å². The first-order chi connectivity index (χ1) is 10.8. The SMILES string of the molecule is CNCC1CCN(C(=O)c2coc(-c3ccccc3)n2)CC1. The molecule has 1 fully saturated rings. The summed E-state index contributed by atoms with van der Waals surface area (Å²) >= 11 is 0. The smallest absolute Gasteiger partial charge is 0.275 e. The van der Waals surface area contributed by atoms with Gasteiger partial charge in [0.15, 0.2) is 5.69 Å². The minimum Gasteiger partial charge on any atom is -0.444 e. The Kier molecular flexibility index (Phi) is 4.53. The van der Waals surface area contributed by atoms with E-state index in [9.17, 15) is 4.79 Å². The fourth-order valence-electron chi connectivity index (χ4n) is 2.88. The van der Waals surface area contributed by atoms with Gasteiger partial charge in [-0.25, -0.2) is 4.98 Å². The molecule has 1 aromatic carbocycles. The van der Waals surface area contributed by atoms with Crippen molar-refractivity contribution in [2.45, 2.75) is 12.8 Å². The lowest BCUT2D eigenvalue weighted by Crippen LogP contribution is -2.40. The number of nitrogens with zero attached hydrogens (tertiary/aromatic N) is 2. The number of likely N-dealkylation sites (tertiary alicyclic amines) is 1. The van der Waals surface area contributed by atoms with E-state index in [1.165, 1.54) is 6.26 Å². The van der Waals surface area contributed by atoms with Crippen LogP contribution in [0.15, 0.2) is 41.0 Å². The summed E-state index contributed by atoms with van der Waals surface area (Å²) < 4.78 is 5.45. The molecule has 3 rings (SSSR count). The van der Waals surface area contributed by atoms with E-state index < -0.39 is 0 Å². The number of rotatable bonds is 4. The number of nitrogens with one attached hydrogen (secondary N) is 1. The van der Waals surface area contributed by atoms with Crippen LogP contribution >= 0.6 is 0 Å². The van der Waals surface area contributed by atoms with E-state index in [4.69, 9.17) is 4.42 Å². The van der Waals surface area contributed by atoms with E-state index in [1.807, 2.05) is 42.3 Å². The summed E-state index contributed by atoms with van der Waals surface area (Å²) in [7, 11) is 1.97. The highest BCUT2D eigenvalue weighted by Gasteiger charge is 2.25. The second-order valence-electron chi connectivity index (χ2n) is 5.70. The van der Waals surface area contributed by atoms with Gasteiger partial charge in [-0.1, -0.05) is 18.2 Å². The molecule has 1 amide bonds. The Bertz CT molecular complexity index is 616. The van der Waals surface area contributed by atoms with Crippen LogP contribution in [-0.4, -0.2) is 42.5 Å². The van der Waals surface area contributed by atoms with Crippen LogP contribution in [0.1, 0.15) is 23.3 Å². The van der Waals surface area contributed by atoms with Gasteiger partial charge in [0.25, 0.3) is 5.91 Å². The van der Waals surface area contributed by atoms with Crippen molar-refractivity contribution in [1.29, 1.82) is 0 Å². The first-order valence-corrected chi connectivity index (χ1v) is 7.72. The second kappa shape index (κ2) is 6.75. The normalized spacial score (nSPS) is 16.0. The van der Waals surface area contributed by atoms with Crippen LogP contribution in [0.2, 0.25) is 0 Å². The zero-order valence-corrected chi connectivity index (χ0v) is 12.8. The van der Waals surface area contributed by atoms with Crippen LogP contribution in [0.3, 0.4) is 0 Å². The highest BCUT2D eigenvalue weighted by Crippen LogP contribution is 2.21. The molecule has 0 radical (unpaired) electrons. The van der Waals surface area contributed by atoms with E-state index in [0.29, 0.717) is 17.5 Å². The quantitative estimate of drug-likeness (QED) is 0.942. The molecular weight excluding hydrogens is 278 g/mol. The Morgan fingerprint density at radius 2 is 2.05 bits per heavy atom. The van der Waals surface area contributed by atoms with Crippen molar-refractivity contribution in [1.82, 2.24) is 15.2 Å². The molecule has 0 spiro atoms. The highest BCUT2D eigenvalue weighted by molar-refractivity contribution is 5.92. The Morgan fingerprint density at radius 3 is 2.73 bits per heavy atom. The Morgan fingerprint density at radius 1 is 1.32 bits per heavy atom. The van der Waals surface area contributed by atoms with Crippen molar-refractivity contribution in [3.63, 3.8) is 0 Å². The van der Waals surface area contributed by atoms with Crippen LogP contribution in [0.5, 0.6) is 0 Å². The summed E-state index contributed by atoms with van der Waals surface area (Å²) in [4.78, 5) is 18.7. The monoisotopic (exact) mass is 299 g/mol. The van der Waals surface area contributed by atoms with E-state index in [-0.39, 0.29) is 5.91 Å². The molecule has 2 heterocycles. The van der Waals surface area contributed by atoms with Crippen molar-refractivity contribution in [2.75, 3.05) is 26.7 Å². The zero-order chi connectivity index (χ0) is 15.4. The minimum absolute atomic E-state index is 0.0335. The summed E-state index contributed by atoms with van der Waals surface area (Å²) in [6.45, 7) is 2.60. The van der Waals surface area contributed by atoms with Crippen molar-refractivity contribution in [3.8, 4) is 11.5 Å². The first kappa shape index (κ1) is 14.8. The number of piperidine rings is 1. The van der Waals surface area contributed by atoms with Gasteiger partial charge < -0.3 is 14.6 Å². The molecule has 0 aliphatic carbocycles. The van der Waals surface area contributed by atoms with E-state index >= 15 is 0 Å². The number of benzene rings is 1. The lowest BCUT2D eigenvalue weighted by molar-refractivity contribution is 0.0685. The van der Waals surface area contributed by atoms with Gasteiger partial charge in [0.1, 0.15) is 6.26 Å². The zero-order valence-electron chi connectivity index (χ0n) is 12.8. The van der Waals surface area contributed by atoms with Crippen LogP contribution < -0.4 is 5.32 Å². The molecule has 0 bridgehead atoms. The summed E-state index contributed by atoms with van der Waals surface area (Å²) in [5.41, 5.74) is 1.28. The molecule has 116 valence electrons. The number of oxazole rings is 1. The van der Waals surface area contributed by atoms with Gasteiger partial charge in [0, 0.05) is 18.7 Å². The van der Waals surface area contributed by atoms with Crippen molar-refractivity contribution in [3.05, 3.63) is 42.3 Å². The summed E-state index contributed by atoms with van der Waals surface area (Å²) in [5.74, 6) is 1.12. The van der Waals surface area contributed by atoms with Crippen molar-refractivity contribution < 1.29 is 9.21 Å². The number of hydrogen-bond donors (Lipinski definition) is 1. The summed E-state index contributed by atoms with van der Waals surface area (Å²) in [5, 5.41) is 3.20. The third-order valence-corrected chi connectivity index (χ3v) is 4.14. The third kappa shape index (κ3) is 3.20. The Labute approximate surface area is 130 Å². The fraction of sp³-hybridized carbons (Fsp3) is 0.412. The molecule has 2 aromatic rings. The van der Waals surface area contributed by atoms with Crippen molar-refractivity contribution in [2.24, 2.45) is 5.92 Å². The molecule has 0 atom stereocenters. The Hall–Kier alpha value is -2.14. The predicted molar refractivity (Wildman–Crippen MR) is 84.5 cm³/mol. The molecule has 22 heavy (non-hydrogen) atoms. The van der Waals surface area contributed by atoms with E-state index in [0.717, 1.165) is 38.0 Å². The minimum atomic E-state index is -0.0335. The molecule has 1 aliphatic heterocycles. The molecule has 1 aromatic heterocycles. The molecular formula is C17H21N3O2. The lowest BCUT2D eigenvalue weighted by Gasteiger charge is -2.31. The largest absolute Gasteiger partial charge is 0.444 e. The lowest BCUT2D eigenvalue weighted by atomic mass is 9.97. The average molecular weight is 299 g/mol. The second-order valence-corrected chi connectivity index (χ2v) is 5.70. The average Bonchev–Trinajstić information content (AvgIpc) is 3.06. The third-order valence-electron chi connectivity index (χ3n) is 4.14. The van der Waals surface area contributed by atoms with E-state index in [1.54, 1.807) is 0 Å². The number of aromatic nitrogens is 1. The fourth-order valence-corrected chi connectivity index (χ4v) is 2.88. The van der Waals surface area contributed by atoms with Gasteiger partial charge in [0.2, 0.25) is 5.89 Å². The predicted octanol–water partition coefficient (Wildman–Crippen LogP) is 2.41. The molecule has 1 aliphatic rings. The van der Waals surface area contributed by atoms with Gasteiger partial charge in [-0.05, 0) is 44.5 Å².